The molecule has 2 aliphatic rings. The monoisotopic (exact) mass is 411 g/mol. The topological polar surface area (TPSA) is 53.1 Å². The maximum Gasteiger partial charge on any atom is 0.167 e. The Morgan fingerprint density at radius 2 is 1.68 bits per heavy atom. The highest BCUT2D eigenvalue weighted by Gasteiger charge is 2.34. The number of fused-ring (bicyclic) bond motifs is 3. The number of ether oxygens (including phenoxy) is 1. The molecule has 1 aliphatic heterocycles. The van der Waals surface area contributed by atoms with E-state index in [2.05, 4.69) is 24.3 Å². The Kier molecular flexibility index (Phi) is 4.02. The van der Waals surface area contributed by atoms with Gasteiger partial charge in [0.1, 0.15) is 11.6 Å². The molecular weight excluding hydrogens is 389 g/mol. The molecule has 4 nitrogen and oxygen atoms in total. The van der Waals surface area contributed by atoms with Crippen LogP contribution < -0.4 is 10.5 Å². The fourth-order valence-electron chi connectivity index (χ4n) is 4.64. The predicted octanol–water partition coefficient (Wildman–Crippen LogP) is 5.71. The van der Waals surface area contributed by atoms with Gasteiger partial charge in [-0.15, -0.1) is 0 Å². The van der Waals surface area contributed by atoms with E-state index in [0.29, 0.717) is 17.1 Å². The first-order chi connectivity index (χ1) is 15.1. The second-order valence-corrected chi connectivity index (χ2v) is 8.40. The largest absolute Gasteiger partial charge is 0.472 e. The third-order valence-electron chi connectivity index (χ3n) is 6.54. The molecule has 3 aromatic carbocycles. The molecule has 0 saturated heterocycles. The highest BCUT2D eigenvalue weighted by Crippen LogP contribution is 2.43. The standard InChI is InChI=1S/C26H22FN3O/c27-20-8-4-9-21-22(20)25-29-23(17-10-12-19(13-11-17)26(28)14-5-15-26)24(30(25)16-31-21)18-6-2-1-3-7-18/h1-4,6-13H,5,14-16,28H2. The average molecular weight is 411 g/mol. The molecule has 0 bridgehead atoms. The molecule has 1 aliphatic carbocycles. The number of halogens is 1. The minimum atomic E-state index is -0.333. The van der Waals surface area contributed by atoms with E-state index < -0.39 is 0 Å². The summed E-state index contributed by atoms with van der Waals surface area (Å²) in [5.74, 6) is 0.778. The van der Waals surface area contributed by atoms with Crippen molar-refractivity contribution in [3.05, 3.63) is 84.2 Å². The van der Waals surface area contributed by atoms with E-state index in [4.69, 9.17) is 15.5 Å². The van der Waals surface area contributed by atoms with Crippen LogP contribution in [0.1, 0.15) is 24.8 Å². The molecule has 0 spiro atoms. The van der Waals surface area contributed by atoms with Crippen molar-refractivity contribution in [1.82, 2.24) is 9.55 Å². The van der Waals surface area contributed by atoms with E-state index in [1.807, 2.05) is 34.9 Å². The van der Waals surface area contributed by atoms with Crippen LogP contribution in [0.2, 0.25) is 0 Å². The molecule has 31 heavy (non-hydrogen) atoms. The van der Waals surface area contributed by atoms with Crippen LogP contribution in [-0.4, -0.2) is 9.55 Å². The van der Waals surface area contributed by atoms with Crippen LogP contribution in [0, 0.1) is 5.82 Å². The van der Waals surface area contributed by atoms with Crippen LogP contribution in [0.25, 0.3) is 33.9 Å². The van der Waals surface area contributed by atoms with Crippen molar-refractivity contribution < 1.29 is 9.13 Å². The zero-order chi connectivity index (χ0) is 21.0. The summed E-state index contributed by atoms with van der Waals surface area (Å²) in [6, 6.07) is 23.3. The van der Waals surface area contributed by atoms with Crippen molar-refractivity contribution in [2.24, 2.45) is 5.73 Å². The van der Waals surface area contributed by atoms with Gasteiger partial charge >= 0.3 is 0 Å². The predicted molar refractivity (Wildman–Crippen MR) is 119 cm³/mol. The van der Waals surface area contributed by atoms with Crippen molar-refractivity contribution in [2.75, 3.05) is 0 Å². The smallest absolute Gasteiger partial charge is 0.167 e. The number of rotatable bonds is 3. The van der Waals surface area contributed by atoms with Crippen LogP contribution in [0.4, 0.5) is 4.39 Å². The van der Waals surface area contributed by atoms with E-state index >= 15 is 0 Å². The van der Waals surface area contributed by atoms with Crippen LogP contribution in [0.3, 0.4) is 0 Å². The van der Waals surface area contributed by atoms with Crippen molar-refractivity contribution >= 4 is 0 Å². The molecule has 1 fully saturated rings. The lowest BCUT2D eigenvalue weighted by molar-refractivity contribution is 0.230. The summed E-state index contributed by atoms with van der Waals surface area (Å²) in [6.45, 7) is 0.285. The molecule has 0 amide bonds. The highest BCUT2D eigenvalue weighted by molar-refractivity contribution is 5.83. The van der Waals surface area contributed by atoms with Gasteiger partial charge in [0.05, 0.1) is 17.0 Å². The molecule has 4 aromatic rings. The Balaban J connectivity index is 1.55. The van der Waals surface area contributed by atoms with Crippen molar-refractivity contribution in [1.29, 1.82) is 0 Å². The van der Waals surface area contributed by atoms with E-state index in [0.717, 1.165) is 40.9 Å². The summed E-state index contributed by atoms with van der Waals surface area (Å²) in [7, 11) is 0. The van der Waals surface area contributed by atoms with Gasteiger partial charge < -0.3 is 10.5 Å². The van der Waals surface area contributed by atoms with Gasteiger partial charge in [0.2, 0.25) is 0 Å². The average Bonchev–Trinajstić information content (AvgIpc) is 3.18. The van der Waals surface area contributed by atoms with Gasteiger partial charge in [-0.25, -0.2) is 9.37 Å². The van der Waals surface area contributed by atoms with Gasteiger partial charge in [-0.05, 0) is 37.0 Å². The lowest BCUT2D eigenvalue weighted by Gasteiger charge is -2.38. The van der Waals surface area contributed by atoms with Gasteiger partial charge in [0.25, 0.3) is 0 Å². The summed E-state index contributed by atoms with van der Waals surface area (Å²) in [5.41, 5.74) is 11.6. The number of imidazole rings is 1. The maximum atomic E-state index is 14.8. The highest BCUT2D eigenvalue weighted by atomic mass is 19.1. The second-order valence-electron chi connectivity index (χ2n) is 8.40. The molecule has 2 heterocycles. The molecule has 2 N–H and O–H groups in total. The number of benzene rings is 3. The fraction of sp³-hybridized carbons (Fsp3) is 0.192. The van der Waals surface area contributed by atoms with E-state index in [-0.39, 0.29) is 18.1 Å². The summed E-state index contributed by atoms with van der Waals surface area (Å²) in [4.78, 5) is 4.94. The van der Waals surface area contributed by atoms with Crippen molar-refractivity contribution in [2.45, 2.75) is 31.5 Å². The van der Waals surface area contributed by atoms with Crippen molar-refractivity contribution in [3.8, 4) is 39.7 Å². The molecule has 5 heteroatoms. The summed E-state index contributed by atoms with van der Waals surface area (Å²) in [5, 5.41) is 0. The lowest BCUT2D eigenvalue weighted by atomic mass is 9.72. The lowest BCUT2D eigenvalue weighted by Crippen LogP contribution is -2.43. The Bertz CT molecular complexity index is 1270. The van der Waals surface area contributed by atoms with Gasteiger partial charge in [0, 0.05) is 16.7 Å². The van der Waals surface area contributed by atoms with Crippen LogP contribution in [0.5, 0.6) is 5.75 Å². The molecule has 6 rings (SSSR count). The summed E-state index contributed by atoms with van der Waals surface area (Å²) >= 11 is 0. The Morgan fingerprint density at radius 1 is 0.903 bits per heavy atom. The first kappa shape index (κ1) is 18.3. The number of hydrogen-bond donors (Lipinski definition) is 1. The quantitative estimate of drug-likeness (QED) is 0.470. The van der Waals surface area contributed by atoms with Crippen molar-refractivity contribution in [3.63, 3.8) is 0 Å². The maximum absolute atomic E-state index is 14.8. The molecular formula is C26H22FN3O. The molecule has 154 valence electrons. The van der Waals surface area contributed by atoms with Crippen LogP contribution in [0.15, 0.2) is 72.8 Å². The third kappa shape index (κ3) is 2.81. The molecule has 0 atom stereocenters. The zero-order valence-corrected chi connectivity index (χ0v) is 17.0. The van der Waals surface area contributed by atoms with Gasteiger partial charge in [-0.2, -0.15) is 0 Å². The zero-order valence-electron chi connectivity index (χ0n) is 17.0. The Labute approximate surface area is 180 Å². The minimum absolute atomic E-state index is 0.204. The summed E-state index contributed by atoms with van der Waals surface area (Å²) in [6.07, 6.45) is 3.22. The molecule has 0 radical (unpaired) electrons. The third-order valence-corrected chi connectivity index (χ3v) is 6.54. The summed E-state index contributed by atoms with van der Waals surface area (Å²) < 4.78 is 22.6. The molecule has 1 saturated carbocycles. The number of nitrogens with two attached hydrogens (primary N) is 1. The first-order valence-corrected chi connectivity index (χ1v) is 10.6. The number of aromatic nitrogens is 2. The van der Waals surface area contributed by atoms with Gasteiger partial charge in [-0.3, -0.25) is 4.57 Å². The van der Waals surface area contributed by atoms with Crippen LogP contribution >= 0.6 is 0 Å². The van der Waals surface area contributed by atoms with E-state index in [9.17, 15) is 4.39 Å². The molecule has 0 unspecified atom stereocenters. The van der Waals surface area contributed by atoms with Gasteiger partial charge in [0.15, 0.2) is 12.6 Å². The van der Waals surface area contributed by atoms with Gasteiger partial charge in [-0.1, -0.05) is 60.7 Å². The Hall–Kier alpha value is -3.44. The second kappa shape index (κ2) is 6.79. The van der Waals surface area contributed by atoms with Crippen LogP contribution in [-0.2, 0) is 12.3 Å². The molecule has 1 aromatic heterocycles. The SMILES string of the molecule is NC1(c2ccc(-c3nc4n(c3-c3ccccc3)COc3cccc(F)c3-4)cc2)CCC1. The normalized spacial score (nSPS) is 16.1. The first-order valence-electron chi connectivity index (χ1n) is 10.6. The number of nitrogens with zero attached hydrogens (tertiary/aromatic N) is 2. The number of hydrogen-bond acceptors (Lipinski definition) is 3. The fourth-order valence-corrected chi connectivity index (χ4v) is 4.64. The van der Waals surface area contributed by atoms with E-state index in [1.54, 1.807) is 12.1 Å². The Morgan fingerprint density at radius 3 is 2.39 bits per heavy atom. The minimum Gasteiger partial charge on any atom is -0.472 e. The van der Waals surface area contributed by atoms with E-state index in [1.165, 1.54) is 12.5 Å².